The van der Waals surface area contributed by atoms with Crippen LogP contribution in [0, 0.1) is 6.92 Å². The van der Waals surface area contributed by atoms with Crippen LogP contribution < -0.4 is 10.0 Å². The van der Waals surface area contributed by atoms with Gasteiger partial charge in [0.15, 0.2) is 0 Å². The highest BCUT2D eigenvalue weighted by Crippen LogP contribution is 2.18. The molecule has 0 bridgehead atoms. The number of rotatable bonds is 7. The average molecular weight is 312 g/mol. The van der Waals surface area contributed by atoms with Gasteiger partial charge in [-0.25, -0.2) is 13.1 Å². The number of hydrogen-bond donors (Lipinski definition) is 2. The minimum absolute atomic E-state index is 0.00465. The van der Waals surface area contributed by atoms with Gasteiger partial charge in [0.2, 0.25) is 10.0 Å². The highest BCUT2D eigenvalue weighted by atomic mass is 32.2. The first-order valence-corrected chi connectivity index (χ1v) is 8.92. The predicted octanol–water partition coefficient (Wildman–Crippen LogP) is 1.56. The summed E-state index contributed by atoms with van der Waals surface area (Å²) in [6.07, 6.45) is 1.93. The molecule has 1 aromatic carbocycles. The summed E-state index contributed by atoms with van der Waals surface area (Å²) in [5.74, 6) is 0. The lowest BCUT2D eigenvalue weighted by Crippen LogP contribution is -2.32. The van der Waals surface area contributed by atoms with E-state index in [9.17, 15) is 8.42 Å². The average Bonchev–Trinajstić information content (AvgIpc) is 2.97. The molecular formula is C15H24N2O3S. The lowest BCUT2D eigenvalue weighted by molar-refractivity contribution is 0.114. The largest absolute Gasteiger partial charge is 0.377 e. The van der Waals surface area contributed by atoms with Gasteiger partial charge in [-0.15, -0.1) is 0 Å². The fourth-order valence-electron chi connectivity index (χ4n) is 2.40. The number of hydrogen-bond acceptors (Lipinski definition) is 4. The molecule has 5 nitrogen and oxygen atoms in total. The second-order valence-electron chi connectivity index (χ2n) is 5.37. The van der Waals surface area contributed by atoms with Gasteiger partial charge >= 0.3 is 0 Å². The maximum absolute atomic E-state index is 12.4. The van der Waals surface area contributed by atoms with Gasteiger partial charge in [-0.05, 0) is 43.5 Å². The summed E-state index contributed by atoms with van der Waals surface area (Å²) in [7, 11) is -3.48. The van der Waals surface area contributed by atoms with Crippen molar-refractivity contribution < 1.29 is 13.2 Å². The highest BCUT2D eigenvalue weighted by Gasteiger charge is 2.21. The Labute approximate surface area is 127 Å². The molecule has 118 valence electrons. The van der Waals surface area contributed by atoms with Crippen LogP contribution in [0.4, 0.5) is 0 Å². The fourth-order valence-corrected chi connectivity index (χ4v) is 3.76. The second-order valence-corrected chi connectivity index (χ2v) is 7.10. The van der Waals surface area contributed by atoms with Crippen LogP contribution in [0.3, 0.4) is 0 Å². The van der Waals surface area contributed by atoms with Crippen LogP contribution in [0.2, 0.25) is 0 Å². The molecule has 1 aliphatic rings. The topological polar surface area (TPSA) is 67.4 Å². The normalized spacial score (nSPS) is 19.0. The summed E-state index contributed by atoms with van der Waals surface area (Å²) in [6.45, 7) is 6.44. The minimum atomic E-state index is -3.48. The standard InChI is InChI=1S/C15H24N2O3S/c1-3-16-10-13-7-6-12(2)15(9-13)21(18,19)17-11-14-5-4-8-20-14/h6-7,9,14,16-17H,3-5,8,10-11H2,1-2H3. The minimum Gasteiger partial charge on any atom is -0.377 e. The fraction of sp³-hybridized carbons (Fsp3) is 0.600. The Bertz CT molecular complexity index is 566. The van der Waals surface area contributed by atoms with Gasteiger partial charge in [0, 0.05) is 19.7 Å². The molecule has 0 aromatic heterocycles. The molecule has 1 unspecified atom stereocenters. The summed E-state index contributed by atoms with van der Waals surface area (Å²) >= 11 is 0. The molecule has 1 atom stereocenters. The van der Waals surface area contributed by atoms with Crippen molar-refractivity contribution in [1.82, 2.24) is 10.0 Å². The molecule has 0 radical (unpaired) electrons. The van der Waals surface area contributed by atoms with E-state index in [0.29, 0.717) is 18.0 Å². The summed E-state index contributed by atoms with van der Waals surface area (Å²) < 4.78 is 33.0. The third kappa shape index (κ3) is 4.51. The Balaban J connectivity index is 2.09. The molecule has 1 saturated heterocycles. The van der Waals surface area contributed by atoms with Gasteiger partial charge in [0.25, 0.3) is 0 Å². The van der Waals surface area contributed by atoms with Crippen molar-refractivity contribution in [1.29, 1.82) is 0 Å². The Morgan fingerprint density at radius 2 is 2.19 bits per heavy atom. The predicted molar refractivity (Wildman–Crippen MR) is 82.7 cm³/mol. The monoisotopic (exact) mass is 312 g/mol. The van der Waals surface area contributed by atoms with Crippen LogP contribution in [-0.4, -0.2) is 34.2 Å². The zero-order valence-electron chi connectivity index (χ0n) is 12.7. The first-order chi connectivity index (χ1) is 10.0. The van der Waals surface area contributed by atoms with Crippen LogP contribution >= 0.6 is 0 Å². The van der Waals surface area contributed by atoms with Gasteiger partial charge in [0.05, 0.1) is 11.0 Å². The van der Waals surface area contributed by atoms with E-state index in [0.717, 1.165) is 37.1 Å². The maximum Gasteiger partial charge on any atom is 0.240 e. The number of sulfonamides is 1. The van der Waals surface area contributed by atoms with Crippen molar-refractivity contribution in [2.75, 3.05) is 19.7 Å². The van der Waals surface area contributed by atoms with Crippen molar-refractivity contribution in [3.63, 3.8) is 0 Å². The molecule has 0 spiro atoms. The first-order valence-electron chi connectivity index (χ1n) is 7.44. The molecule has 6 heteroatoms. The van der Waals surface area contributed by atoms with Crippen molar-refractivity contribution in [3.05, 3.63) is 29.3 Å². The van der Waals surface area contributed by atoms with E-state index in [-0.39, 0.29) is 6.10 Å². The van der Waals surface area contributed by atoms with E-state index in [1.165, 1.54) is 0 Å². The molecule has 0 saturated carbocycles. The van der Waals surface area contributed by atoms with Crippen LogP contribution in [0.5, 0.6) is 0 Å². The Morgan fingerprint density at radius 3 is 2.86 bits per heavy atom. The molecule has 2 N–H and O–H groups in total. The van der Waals surface area contributed by atoms with E-state index in [1.54, 1.807) is 6.07 Å². The van der Waals surface area contributed by atoms with Gasteiger partial charge in [-0.1, -0.05) is 19.1 Å². The number of benzene rings is 1. The zero-order chi connectivity index (χ0) is 15.3. The number of aryl methyl sites for hydroxylation is 1. The van der Waals surface area contributed by atoms with Crippen molar-refractivity contribution in [2.45, 2.75) is 44.2 Å². The van der Waals surface area contributed by atoms with Crippen LogP contribution in [0.25, 0.3) is 0 Å². The van der Waals surface area contributed by atoms with E-state index < -0.39 is 10.0 Å². The number of nitrogens with one attached hydrogen (secondary N) is 2. The van der Waals surface area contributed by atoms with E-state index in [4.69, 9.17) is 4.74 Å². The quantitative estimate of drug-likeness (QED) is 0.802. The highest BCUT2D eigenvalue weighted by molar-refractivity contribution is 7.89. The first kappa shape index (κ1) is 16.4. The Morgan fingerprint density at radius 1 is 1.38 bits per heavy atom. The lowest BCUT2D eigenvalue weighted by atomic mass is 10.1. The molecule has 1 aromatic rings. The molecular weight excluding hydrogens is 288 g/mol. The summed E-state index contributed by atoms with van der Waals surface area (Å²) in [5.41, 5.74) is 1.73. The van der Waals surface area contributed by atoms with Gasteiger partial charge in [-0.3, -0.25) is 0 Å². The third-order valence-electron chi connectivity index (χ3n) is 3.65. The smallest absolute Gasteiger partial charge is 0.240 e. The van der Waals surface area contributed by atoms with Crippen molar-refractivity contribution in [2.24, 2.45) is 0 Å². The van der Waals surface area contributed by atoms with E-state index in [2.05, 4.69) is 10.0 Å². The van der Waals surface area contributed by atoms with Crippen molar-refractivity contribution in [3.8, 4) is 0 Å². The zero-order valence-corrected chi connectivity index (χ0v) is 13.5. The molecule has 2 rings (SSSR count). The molecule has 0 aliphatic carbocycles. The van der Waals surface area contributed by atoms with E-state index in [1.807, 2.05) is 26.0 Å². The molecule has 0 amide bonds. The third-order valence-corrected chi connectivity index (χ3v) is 5.21. The van der Waals surface area contributed by atoms with Gasteiger partial charge in [0.1, 0.15) is 0 Å². The second kappa shape index (κ2) is 7.35. The molecule has 1 aliphatic heterocycles. The summed E-state index contributed by atoms with van der Waals surface area (Å²) in [5, 5.41) is 3.20. The van der Waals surface area contributed by atoms with Gasteiger partial charge < -0.3 is 10.1 Å². The van der Waals surface area contributed by atoms with Gasteiger partial charge in [-0.2, -0.15) is 0 Å². The summed E-state index contributed by atoms with van der Waals surface area (Å²) in [4.78, 5) is 0.357. The van der Waals surface area contributed by atoms with Crippen LogP contribution in [0.1, 0.15) is 30.9 Å². The Hall–Kier alpha value is -0.950. The maximum atomic E-state index is 12.4. The lowest BCUT2D eigenvalue weighted by Gasteiger charge is -2.14. The number of ether oxygens (including phenoxy) is 1. The Kier molecular flexibility index (Phi) is 5.75. The molecule has 1 heterocycles. The van der Waals surface area contributed by atoms with Crippen LogP contribution in [0.15, 0.2) is 23.1 Å². The summed E-state index contributed by atoms with van der Waals surface area (Å²) in [6, 6.07) is 5.56. The van der Waals surface area contributed by atoms with Crippen molar-refractivity contribution >= 4 is 10.0 Å². The van der Waals surface area contributed by atoms with E-state index >= 15 is 0 Å². The molecule has 1 fully saturated rings. The molecule has 21 heavy (non-hydrogen) atoms. The van der Waals surface area contributed by atoms with Crippen LogP contribution in [-0.2, 0) is 21.3 Å². The SMILES string of the molecule is CCNCc1ccc(C)c(S(=O)(=O)NCC2CCCO2)c1.